The normalized spacial score (nSPS) is 11.2. The standard InChI is InChI=1S/C13H18BrF2NO/c1-2-5-17-7-10-3-4-11(12(14)6-10)8-18-9-13(15)16/h3-4,6,13,17H,2,5,7-9H2,1H3. The summed E-state index contributed by atoms with van der Waals surface area (Å²) >= 11 is 3.43. The molecule has 0 aliphatic heterocycles. The molecule has 0 bridgehead atoms. The maximum atomic E-state index is 11.9. The molecule has 0 saturated carbocycles. The number of hydrogen-bond acceptors (Lipinski definition) is 2. The average Bonchev–Trinajstić information content (AvgIpc) is 2.32. The van der Waals surface area contributed by atoms with Crippen LogP contribution < -0.4 is 5.32 Å². The SMILES string of the molecule is CCCNCc1ccc(COCC(F)F)c(Br)c1. The highest BCUT2D eigenvalue weighted by molar-refractivity contribution is 9.10. The zero-order valence-corrected chi connectivity index (χ0v) is 12.0. The topological polar surface area (TPSA) is 21.3 Å². The van der Waals surface area contributed by atoms with Crippen molar-refractivity contribution < 1.29 is 13.5 Å². The summed E-state index contributed by atoms with van der Waals surface area (Å²) in [4.78, 5) is 0. The fourth-order valence-corrected chi connectivity index (χ4v) is 2.03. The Labute approximate surface area is 115 Å². The minimum absolute atomic E-state index is 0.202. The zero-order valence-electron chi connectivity index (χ0n) is 10.4. The van der Waals surface area contributed by atoms with E-state index in [0.717, 1.165) is 35.1 Å². The van der Waals surface area contributed by atoms with Gasteiger partial charge in [-0.25, -0.2) is 8.78 Å². The van der Waals surface area contributed by atoms with Crippen LogP contribution in [-0.2, 0) is 17.9 Å². The van der Waals surface area contributed by atoms with Crippen LogP contribution in [0.1, 0.15) is 24.5 Å². The number of ether oxygens (including phenoxy) is 1. The van der Waals surface area contributed by atoms with E-state index in [1.807, 2.05) is 18.2 Å². The van der Waals surface area contributed by atoms with Gasteiger partial charge < -0.3 is 10.1 Å². The third-order valence-electron chi connectivity index (χ3n) is 2.37. The summed E-state index contributed by atoms with van der Waals surface area (Å²) in [6.07, 6.45) is -1.32. The Balaban J connectivity index is 2.46. The van der Waals surface area contributed by atoms with Gasteiger partial charge in [0.15, 0.2) is 0 Å². The maximum Gasteiger partial charge on any atom is 0.261 e. The molecule has 0 saturated heterocycles. The Morgan fingerprint density at radius 1 is 1.39 bits per heavy atom. The van der Waals surface area contributed by atoms with E-state index in [9.17, 15) is 8.78 Å². The lowest BCUT2D eigenvalue weighted by atomic mass is 10.1. The van der Waals surface area contributed by atoms with Crippen molar-refractivity contribution in [2.24, 2.45) is 0 Å². The summed E-state index contributed by atoms with van der Waals surface area (Å²) in [6.45, 7) is 3.59. The first-order valence-corrected chi connectivity index (χ1v) is 6.76. The lowest BCUT2D eigenvalue weighted by Gasteiger charge is -2.09. The Kier molecular flexibility index (Phi) is 7.39. The average molecular weight is 322 g/mol. The molecule has 0 unspecified atom stereocenters. The molecule has 18 heavy (non-hydrogen) atoms. The molecule has 102 valence electrons. The Morgan fingerprint density at radius 3 is 2.78 bits per heavy atom. The van der Waals surface area contributed by atoms with Crippen LogP contribution in [0.2, 0.25) is 0 Å². The van der Waals surface area contributed by atoms with Gasteiger partial charge in [0.05, 0.1) is 6.61 Å². The molecule has 0 aliphatic carbocycles. The maximum absolute atomic E-state index is 11.9. The minimum atomic E-state index is -2.42. The van der Waals surface area contributed by atoms with Crippen LogP contribution in [0.3, 0.4) is 0 Å². The summed E-state index contributed by atoms with van der Waals surface area (Å²) in [5.41, 5.74) is 2.04. The van der Waals surface area contributed by atoms with Crippen LogP contribution in [0, 0.1) is 0 Å². The van der Waals surface area contributed by atoms with Crippen molar-refractivity contribution in [3.8, 4) is 0 Å². The third kappa shape index (κ3) is 5.89. The molecule has 0 fully saturated rings. The molecular formula is C13H18BrF2NO. The second-order valence-corrected chi connectivity index (χ2v) is 4.86. The summed E-state index contributed by atoms with van der Waals surface area (Å²) in [5.74, 6) is 0. The van der Waals surface area contributed by atoms with Gasteiger partial charge in [-0.2, -0.15) is 0 Å². The lowest BCUT2D eigenvalue weighted by Crippen LogP contribution is -2.13. The van der Waals surface area contributed by atoms with Gasteiger partial charge in [-0.05, 0) is 30.2 Å². The largest absolute Gasteiger partial charge is 0.371 e. The Hall–Kier alpha value is -0.520. The monoisotopic (exact) mass is 321 g/mol. The molecule has 0 aromatic heterocycles. The van der Waals surface area contributed by atoms with Crippen molar-refractivity contribution in [1.29, 1.82) is 0 Å². The summed E-state index contributed by atoms with van der Waals surface area (Å²) in [5, 5.41) is 3.30. The molecule has 1 aromatic rings. The van der Waals surface area contributed by atoms with E-state index < -0.39 is 13.0 Å². The molecule has 2 nitrogen and oxygen atoms in total. The zero-order chi connectivity index (χ0) is 13.4. The van der Waals surface area contributed by atoms with Gasteiger partial charge in [0.1, 0.15) is 6.61 Å². The molecule has 5 heteroatoms. The molecule has 0 radical (unpaired) electrons. The van der Waals surface area contributed by atoms with E-state index in [-0.39, 0.29) is 6.61 Å². The van der Waals surface area contributed by atoms with Gasteiger partial charge in [0, 0.05) is 11.0 Å². The quantitative estimate of drug-likeness (QED) is 0.737. The van der Waals surface area contributed by atoms with Gasteiger partial charge >= 0.3 is 0 Å². The predicted molar refractivity (Wildman–Crippen MR) is 71.8 cm³/mol. The molecule has 0 heterocycles. The predicted octanol–water partition coefficient (Wildman–Crippen LogP) is 3.73. The number of benzene rings is 1. The molecule has 1 aromatic carbocycles. The van der Waals surface area contributed by atoms with Gasteiger partial charge in [0.2, 0.25) is 0 Å². The fraction of sp³-hybridized carbons (Fsp3) is 0.538. The Morgan fingerprint density at radius 2 is 2.17 bits per heavy atom. The number of hydrogen-bond donors (Lipinski definition) is 1. The Bertz CT molecular complexity index is 361. The summed E-state index contributed by atoms with van der Waals surface area (Å²) in [7, 11) is 0. The first-order chi connectivity index (χ1) is 8.63. The third-order valence-corrected chi connectivity index (χ3v) is 3.11. The van der Waals surface area contributed by atoms with Crippen molar-refractivity contribution in [2.45, 2.75) is 32.9 Å². The van der Waals surface area contributed by atoms with E-state index in [0.29, 0.717) is 0 Å². The second kappa shape index (κ2) is 8.56. The van der Waals surface area contributed by atoms with E-state index in [1.165, 1.54) is 0 Å². The van der Waals surface area contributed by atoms with Gasteiger partial charge in [0.25, 0.3) is 6.43 Å². The highest BCUT2D eigenvalue weighted by Crippen LogP contribution is 2.19. The van der Waals surface area contributed by atoms with Crippen molar-refractivity contribution in [3.05, 3.63) is 33.8 Å². The van der Waals surface area contributed by atoms with Crippen LogP contribution in [0.5, 0.6) is 0 Å². The van der Waals surface area contributed by atoms with Crippen LogP contribution in [0.4, 0.5) is 8.78 Å². The molecule has 0 amide bonds. The van der Waals surface area contributed by atoms with Crippen molar-refractivity contribution in [2.75, 3.05) is 13.2 Å². The van der Waals surface area contributed by atoms with E-state index in [4.69, 9.17) is 4.74 Å². The number of halogens is 3. The molecule has 0 aliphatic rings. The van der Waals surface area contributed by atoms with E-state index in [1.54, 1.807) is 0 Å². The second-order valence-electron chi connectivity index (χ2n) is 4.01. The highest BCUT2D eigenvalue weighted by atomic mass is 79.9. The van der Waals surface area contributed by atoms with Gasteiger partial charge in [-0.1, -0.05) is 35.0 Å². The summed E-state index contributed by atoms with van der Waals surface area (Å²) < 4.78 is 29.7. The molecule has 0 atom stereocenters. The fourth-order valence-electron chi connectivity index (χ4n) is 1.49. The molecule has 0 spiro atoms. The molecule has 1 rings (SSSR count). The summed E-state index contributed by atoms with van der Waals surface area (Å²) in [6, 6.07) is 5.87. The van der Waals surface area contributed by atoms with Crippen LogP contribution >= 0.6 is 15.9 Å². The van der Waals surface area contributed by atoms with Gasteiger partial charge in [-0.3, -0.25) is 0 Å². The van der Waals surface area contributed by atoms with Crippen molar-refractivity contribution in [3.63, 3.8) is 0 Å². The first-order valence-electron chi connectivity index (χ1n) is 5.97. The van der Waals surface area contributed by atoms with Gasteiger partial charge in [-0.15, -0.1) is 0 Å². The smallest absolute Gasteiger partial charge is 0.261 e. The number of rotatable bonds is 8. The number of nitrogens with one attached hydrogen (secondary N) is 1. The van der Waals surface area contributed by atoms with Crippen molar-refractivity contribution >= 4 is 15.9 Å². The lowest BCUT2D eigenvalue weighted by molar-refractivity contribution is 0.00970. The van der Waals surface area contributed by atoms with Crippen LogP contribution in [0.25, 0.3) is 0 Å². The number of alkyl halides is 2. The highest BCUT2D eigenvalue weighted by Gasteiger charge is 2.05. The van der Waals surface area contributed by atoms with Crippen molar-refractivity contribution in [1.82, 2.24) is 5.32 Å². The molecule has 1 N–H and O–H groups in total. The molecular weight excluding hydrogens is 304 g/mol. The van der Waals surface area contributed by atoms with E-state index in [2.05, 4.69) is 28.2 Å². The van der Waals surface area contributed by atoms with Crippen LogP contribution in [-0.4, -0.2) is 19.6 Å². The van der Waals surface area contributed by atoms with E-state index >= 15 is 0 Å². The first kappa shape index (κ1) is 15.5. The minimum Gasteiger partial charge on any atom is -0.371 e. The van der Waals surface area contributed by atoms with Crippen LogP contribution in [0.15, 0.2) is 22.7 Å².